The highest BCUT2D eigenvalue weighted by molar-refractivity contribution is 9.11. The number of hydrogen-bond acceptors (Lipinski definition) is 4. The number of aliphatic carboxylic acids is 1. The molecule has 3 N–H and O–H groups in total. The van der Waals surface area contributed by atoms with Crippen molar-refractivity contribution in [3.63, 3.8) is 0 Å². The minimum Gasteiger partial charge on any atom is -0.508 e. The Morgan fingerprint density at radius 2 is 1.89 bits per heavy atom. The Hall–Kier alpha value is -2.06. The average Bonchev–Trinajstić information content (AvgIpc) is 2.56. The standard InChI is InChI=1S/C19H19Br2NO5/c1-9(2)12-6-11(4-5-15(12)23)27-19-13(20)7-14(10(3)18(19)21)22-16(24)8-17(25)26/h4-7,9,23H,8H2,1-3H3,(H,22,24)(H,25,26). The summed E-state index contributed by atoms with van der Waals surface area (Å²) < 4.78 is 7.17. The molecule has 0 spiro atoms. The second-order valence-corrected chi connectivity index (χ2v) is 7.92. The third-order valence-corrected chi connectivity index (χ3v) is 5.39. The average molecular weight is 501 g/mol. The zero-order valence-corrected chi connectivity index (χ0v) is 18.1. The fourth-order valence-electron chi connectivity index (χ4n) is 2.43. The number of carboxylic acids is 1. The molecule has 6 nitrogen and oxygen atoms in total. The Morgan fingerprint density at radius 3 is 2.48 bits per heavy atom. The Kier molecular flexibility index (Phi) is 6.89. The van der Waals surface area contributed by atoms with Gasteiger partial charge in [-0.25, -0.2) is 0 Å². The third-order valence-electron chi connectivity index (χ3n) is 3.85. The summed E-state index contributed by atoms with van der Waals surface area (Å²) in [4.78, 5) is 22.4. The van der Waals surface area contributed by atoms with Gasteiger partial charge in [0.15, 0.2) is 5.75 Å². The van der Waals surface area contributed by atoms with Crippen LogP contribution in [-0.2, 0) is 9.59 Å². The van der Waals surface area contributed by atoms with Gasteiger partial charge >= 0.3 is 5.97 Å². The number of aromatic hydroxyl groups is 1. The molecule has 0 aromatic heterocycles. The van der Waals surface area contributed by atoms with Crippen LogP contribution in [0, 0.1) is 6.92 Å². The van der Waals surface area contributed by atoms with Crippen LogP contribution in [0.1, 0.15) is 37.3 Å². The highest BCUT2D eigenvalue weighted by atomic mass is 79.9. The van der Waals surface area contributed by atoms with Gasteiger partial charge in [-0.2, -0.15) is 0 Å². The number of carbonyl (C=O) groups is 2. The molecule has 8 heteroatoms. The maximum Gasteiger partial charge on any atom is 0.312 e. The Labute approximate surface area is 173 Å². The summed E-state index contributed by atoms with van der Waals surface area (Å²) in [5.74, 6) is -0.407. The zero-order valence-electron chi connectivity index (χ0n) is 15.0. The van der Waals surface area contributed by atoms with Crippen LogP contribution in [-0.4, -0.2) is 22.1 Å². The summed E-state index contributed by atoms with van der Waals surface area (Å²) in [6.07, 6.45) is -0.613. The van der Waals surface area contributed by atoms with E-state index < -0.39 is 18.3 Å². The minimum absolute atomic E-state index is 0.133. The fraction of sp³-hybridized carbons (Fsp3) is 0.263. The molecule has 144 valence electrons. The van der Waals surface area contributed by atoms with Gasteiger partial charge in [-0.3, -0.25) is 9.59 Å². The van der Waals surface area contributed by atoms with Crippen molar-refractivity contribution >= 4 is 49.4 Å². The molecule has 0 saturated heterocycles. The minimum atomic E-state index is -1.20. The van der Waals surface area contributed by atoms with Crippen LogP contribution in [0.5, 0.6) is 17.2 Å². The first-order valence-electron chi connectivity index (χ1n) is 8.11. The van der Waals surface area contributed by atoms with Crippen molar-refractivity contribution in [2.75, 3.05) is 5.32 Å². The van der Waals surface area contributed by atoms with E-state index in [-0.39, 0.29) is 11.7 Å². The van der Waals surface area contributed by atoms with E-state index in [9.17, 15) is 14.7 Å². The molecule has 0 radical (unpaired) electrons. The van der Waals surface area contributed by atoms with Gasteiger partial charge in [-0.1, -0.05) is 13.8 Å². The molecule has 27 heavy (non-hydrogen) atoms. The lowest BCUT2D eigenvalue weighted by molar-refractivity contribution is -0.139. The summed E-state index contributed by atoms with van der Waals surface area (Å²) in [5, 5.41) is 21.2. The maximum atomic E-state index is 11.7. The lowest BCUT2D eigenvalue weighted by Crippen LogP contribution is -2.16. The van der Waals surface area contributed by atoms with Gasteiger partial charge in [-0.15, -0.1) is 0 Å². The molecule has 1 amide bonds. The molecule has 0 aliphatic carbocycles. The number of benzene rings is 2. The molecular formula is C19H19Br2NO5. The second kappa shape index (κ2) is 8.75. The van der Waals surface area contributed by atoms with Crippen molar-refractivity contribution in [1.29, 1.82) is 0 Å². The van der Waals surface area contributed by atoms with Crippen molar-refractivity contribution in [1.82, 2.24) is 0 Å². The summed E-state index contributed by atoms with van der Waals surface area (Å²) >= 11 is 6.89. The van der Waals surface area contributed by atoms with E-state index >= 15 is 0 Å². The molecule has 0 unspecified atom stereocenters. The highest BCUT2D eigenvalue weighted by Gasteiger charge is 2.18. The van der Waals surface area contributed by atoms with Crippen molar-refractivity contribution in [2.24, 2.45) is 0 Å². The molecule has 0 heterocycles. The smallest absolute Gasteiger partial charge is 0.312 e. The summed E-state index contributed by atoms with van der Waals surface area (Å²) in [7, 11) is 0. The van der Waals surface area contributed by atoms with Gasteiger partial charge < -0.3 is 20.3 Å². The van der Waals surface area contributed by atoms with E-state index in [1.807, 2.05) is 13.8 Å². The normalized spacial score (nSPS) is 10.7. The van der Waals surface area contributed by atoms with E-state index in [0.717, 1.165) is 5.56 Å². The topological polar surface area (TPSA) is 95.9 Å². The number of carboxylic acid groups (broad SMARTS) is 1. The van der Waals surface area contributed by atoms with Crippen LogP contribution in [0.4, 0.5) is 5.69 Å². The molecule has 2 aromatic carbocycles. The maximum absolute atomic E-state index is 11.7. The van der Waals surface area contributed by atoms with Crippen LogP contribution in [0.2, 0.25) is 0 Å². The Bertz CT molecular complexity index is 896. The third kappa shape index (κ3) is 5.23. The number of rotatable bonds is 6. The molecule has 0 aliphatic heterocycles. The first-order valence-corrected chi connectivity index (χ1v) is 9.69. The van der Waals surface area contributed by atoms with Gasteiger partial charge in [-0.05, 0) is 74.5 Å². The predicted molar refractivity (Wildman–Crippen MR) is 110 cm³/mol. The molecule has 0 saturated carbocycles. The zero-order chi connectivity index (χ0) is 20.3. The van der Waals surface area contributed by atoms with Crippen LogP contribution in [0.3, 0.4) is 0 Å². The van der Waals surface area contributed by atoms with E-state index in [1.165, 1.54) is 0 Å². The molecule has 2 aromatic rings. The predicted octanol–water partition coefficient (Wildman–Crippen LogP) is 5.55. The first-order chi connectivity index (χ1) is 12.6. The lowest BCUT2D eigenvalue weighted by Gasteiger charge is -2.17. The number of hydrogen-bond donors (Lipinski definition) is 3. The lowest BCUT2D eigenvalue weighted by atomic mass is 10.0. The number of halogens is 2. The van der Waals surface area contributed by atoms with Crippen LogP contribution >= 0.6 is 31.9 Å². The second-order valence-electron chi connectivity index (χ2n) is 6.27. The quantitative estimate of drug-likeness (QED) is 0.451. The first kappa shape index (κ1) is 21.2. The number of carbonyl (C=O) groups excluding carboxylic acids is 1. The largest absolute Gasteiger partial charge is 0.508 e. The Balaban J connectivity index is 2.34. The van der Waals surface area contributed by atoms with Crippen molar-refractivity contribution < 1.29 is 24.5 Å². The number of phenols is 1. The van der Waals surface area contributed by atoms with E-state index in [2.05, 4.69) is 37.2 Å². The van der Waals surface area contributed by atoms with Crippen molar-refractivity contribution in [2.45, 2.75) is 33.1 Å². The summed E-state index contributed by atoms with van der Waals surface area (Å²) in [6.45, 7) is 5.73. The van der Waals surface area contributed by atoms with E-state index in [1.54, 1.807) is 31.2 Å². The molecule has 2 rings (SSSR count). The van der Waals surface area contributed by atoms with Gasteiger partial charge in [0.2, 0.25) is 5.91 Å². The highest BCUT2D eigenvalue weighted by Crippen LogP contribution is 2.43. The number of phenolic OH excluding ortho intramolecular Hbond substituents is 1. The van der Waals surface area contributed by atoms with Crippen molar-refractivity contribution in [3.8, 4) is 17.2 Å². The van der Waals surface area contributed by atoms with Gasteiger partial charge in [0, 0.05) is 11.3 Å². The molecular weight excluding hydrogens is 482 g/mol. The monoisotopic (exact) mass is 499 g/mol. The van der Waals surface area contributed by atoms with E-state index in [0.29, 0.717) is 31.7 Å². The SMILES string of the molecule is Cc1c(NC(=O)CC(=O)O)cc(Br)c(Oc2ccc(O)c(C(C)C)c2)c1Br. The van der Waals surface area contributed by atoms with Gasteiger partial charge in [0.05, 0.1) is 8.95 Å². The van der Waals surface area contributed by atoms with Crippen LogP contribution < -0.4 is 10.1 Å². The van der Waals surface area contributed by atoms with E-state index in [4.69, 9.17) is 9.84 Å². The number of nitrogens with one attached hydrogen (secondary N) is 1. The van der Waals surface area contributed by atoms with Crippen LogP contribution in [0.15, 0.2) is 33.2 Å². The number of amides is 1. The number of anilines is 1. The molecule has 0 fully saturated rings. The van der Waals surface area contributed by atoms with Gasteiger partial charge in [0.1, 0.15) is 17.9 Å². The summed E-state index contributed by atoms with van der Waals surface area (Å²) in [6, 6.07) is 6.67. The molecule has 0 bridgehead atoms. The van der Waals surface area contributed by atoms with Crippen LogP contribution in [0.25, 0.3) is 0 Å². The molecule has 0 aliphatic rings. The fourth-order valence-corrected chi connectivity index (χ4v) is 3.71. The van der Waals surface area contributed by atoms with Crippen molar-refractivity contribution in [3.05, 3.63) is 44.3 Å². The number of ether oxygens (including phenoxy) is 1. The Morgan fingerprint density at radius 1 is 1.22 bits per heavy atom. The van der Waals surface area contributed by atoms with Gasteiger partial charge in [0.25, 0.3) is 0 Å². The molecule has 0 atom stereocenters. The summed E-state index contributed by atoms with van der Waals surface area (Å²) in [5.41, 5.74) is 1.93.